The lowest BCUT2D eigenvalue weighted by molar-refractivity contribution is -0.0950. The Kier molecular flexibility index (Phi) is 3.52. The van der Waals surface area contributed by atoms with Crippen LogP contribution in [0.4, 0.5) is 0 Å². The summed E-state index contributed by atoms with van der Waals surface area (Å²) in [5.41, 5.74) is -0.267. The van der Waals surface area contributed by atoms with Gasteiger partial charge in [0.05, 0.1) is 23.5 Å². The number of aryl methyl sites for hydroxylation is 1. The fourth-order valence-corrected chi connectivity index (χ4v) is 2.49. The molecular weight excluding hydrogens is 228 g/mol. The molecule has 2 rings (SSSR count). The van der Waals surface area contributed by atoms with Gasteiger partial charge < -0.3 is 9.84 Å². The van der Waals surface area contributed by atoms with E-state index in [-0.39, 0.29) is 0 Å². The largest absolute Gasteiger partial charge is 0.381 e. The van der Waals surface area contributed by atoms with E-state index in [0.29, 0.717) is 30.4 Å². The Morgan fingerprint density at radius 1 is 1.69 bits per heavy atom. The molecule has 0 aromatic carbocycles. The molecule has 1 saturated heterocycles. The van der Waals surface area contributed by atoms with Gasteiger partial charge in [-0.15, -0.1) is 0 Å². The lowest BCUT2D eigenvalue weighted by atomic mass is 9.93. The van der Waals surface area contributed by atoms with Gasteiger partial charge in [0.25, 0.3) is 0 Å². The molecule has 1 atom stereocenters. The second-order valence-corrected chi connectivity index (χ2v) is 4.66. The predicted molar refractivity (Wildman–Crippen MR) is 61.5 cm³/mol. The maximum Gasteiger partial charge on any atom is 0.131 e. The molecule has 1 aliphatic rings. The van der Waals surface area contributed by atoms with Crippen LogP contribution in [0.3, 0.4) is 0 Å². The zero-order chi connectivity index (χ0) is 11.6. The number of hydrogen-bond donors (Lipinski definition) is 1. The van der Waals surface area contributed by atoms with Crippen LogP contribution < -0.4 is 0 Å². The van der Waals surface area contributed by atoms with Crippen LogP contribution in [0.5, 0.6) is 0 Å². The van der Waals surface area contributed by atoms with Gasteiger partial charge in [-0.25, -0.2) is 0 Å². The summed E-state index contributed by atoms with van der Waals surface area (Å²) in [7, 11) is 0. The van der Waals surface area contributed by atoms with Crippen LogP contribution in [0.1, 0.15) is 31.9 Å². The van der Waals surface area contributed by atoms with Crippen molar-refractivity contribution in [1.82, 2.24) is 9.78 Å². The summed E-state index contributed by atoms with van der Waals surface area (Å²) in [5, 5.41) is 15.3. The first kappa shape index (κ1) is 11.9. The smallest absolute Gasteiger partial charge is 0.131 e. The first-order chi connectivity index (χ1) is 7.67. The molecule has 0 radical (unpaired) electrons. The van der Waals surface area contributed by atoms with Crippen LogP contribution in [-0.2, 0) is 16.9 Å². The van der Waals surface area contributed by atoms with Gasteiger partial charge in [0.2, 0.25) is 0 Å². The number of nitrogens with zero attached hydrogens (tertiary/aromatic N) is 2. The maximum absolute atomic E-state index is 10.5. The van der Waals surface area contributed by atoms with Crippen molar-refractivity contribution in [2.24, 2.45) is 0 Å². The molecule has 0 aliphatic carbocycles. The third-order valence-electron chi connectivity index (χ3n) is 2.89. The Labute approximate surface area is 100 Å². The van der Waals surface area contributed by atoms with E-state index in [9.17, 15) is 5.11 Å². The van der Waals surface area contributed by atoms with Crippen molar-refractivity contribution in [3.63, 3.8) is 0 Å². The van der Waals surface area contributed by atoms with Gasteiger partial charge in [-0.2, -0.15) is 5.10 Å². The fraction of sp³-hybridized carbons (Fsp3) is 0.727. The van der Waals surface area contributed by atoms with Crippen molar-refractivity contribution in [3.8, 4) is 0 Å². The molecule has 0 saturated carbocycles. The molecule has 1 fully saturated rings. The third kappa shape index (κ3) is 2.10. The van der Waals surface area contributed by atoms with Gasteiger partial charge in [-0.1, -0.05) is 18.5 Å². The van der Waals surface area contributed by atoms with Crippen LogP contribution in [0.25, 0.3) is 0 Å². The predicted octanol–water partition coefficient (Wildman–Crippen LogP) is 1.94. The zero-order valence-corrected chi connectivity index (χ0v) is 10.2. The average Bonchev–Trinajstić information content (AvgIpc) is 2.62. The third-order valence-corrected chi connectivity index (χ3v) is 3.17. The Balaban J connectivity index is 2.33. The summed E-state index contributed by atoms with van der Waals surface area (Å²) in [6.45, 7) is 3.86. The Morgan fingerprint density at radius 3 is 3.12 bits per heavy atom. The molecule has 0 amide bonds. The standard InChI is InChI=1S/C11H17ClN2O2/c1-2-5-14-10(9(12)7-13-14)11(15)4-3-6-16-8-11/h7,15H,2-6,8H2,1H3. The van der Waals surface area contributed by atoms with Crippen molar-refractivity contribution < 1.29 is 9.84 Å². The van der Waals surface area contributed by atoms with Crippen molar-refractivity contribution in [2.45, 2.75) is 38.3 Å². The van der Waals surface area contributed by atoms with Gasteiger partial charge in [-0.3, -0.25) is 4.68 Å². The fourth-order valence-electron chi connectivity index (χ4n) is 2.17. The monoisotopic (exact) mass is 244 g/mol. The van der Waals surface area contributed by atoms with Crippen LogP contribution >= 0.6 is 11.6 Å². The average molecular weight is 245 g/mol. The van der Waals surface area contributed by atoms with Crippen molar-refractivity contribution >= 4 is 11.6 Å². The second kappa shape index (κ2) is 4.73. The van der Waals surface area contributed by atoms with E-state index in [2.05, 4.69) is 12.0 Å². The molecular formula is C11H17ClN2O2. The molecule has 90 valence electrons. The summed E-state index contributed by atoms with van der Waals surface area (Å²) < 4.78 is 7.14. The number of aliphatic hydroxyl groups is 1. The minimum absolute atomic E-state index is 0.308. The molecule has 0 spiro atoms. The Bertz CT molecular complexity index is 359. The highest BCUT2D eigenvalue weighted by Gasteiger charge is 2.37. The summed E-state index contributed by atoms with van der Waals surface area (Å²) in [6, 6.07) is 0. The highest BCUT2D eigenvalue weighted by molar-refractivity contribution is 6.31. The molecule has 0 bridgehead atoms. The van der Waals surface area contributed by atoms with Gasteiger partial charge in [0, 0.05) is 13.2 Å². The van der Waals surface area contributed by atoms with Crippen molar-refractivity contribution in [1.29, 1.82) is 0 Å². The van der Waals surface area contributed by atoms with Crippen LogP contribution in [0.15, 0.2) is 6.20 Å². The van der Waals surface area contributed by atoms with E-state index >= 15 is 0 Å². The molecule has 2 heterocycles. The first-order valence-electron chi connectivity index (χ1n) is 5.69. The van der Waals surface area contributed by atoms with Gasteiger partial charge in [0.15, 0.2) is 0 Å². The first-order valence-corrected chi connectivity index (χ1v) is 6.07. The SMILES string of the molecule is CCCn1ncc(Cl)c1C1(O)CCCOC1. The van der Waals surface area contributed by atoms with Gasteiger partial charge >= 0.3 is 0 Å². The van der Waals surface area contributed by atoms with E-state index in [4.69, 9.17) is 16.3 Å². The lowest BCUT2D eigenvalue weighted by Gasteiger charge is -2.32. The van der Waals surface area contributed by atoms with Crippen molar-refractivity contribution in [3.05, 3.63) is 16.9 Å². The summed E-state index contributed by atoms with van der Waals surface area (Å²) in [6.07, 6.45) is 4.09. The number of rotatable bonds is 3. The van der Waals surface area contributed by atoms with E-state index in [1.54, 1.807) is 10.9 Å². The maximum atomic E-state index is 10.5. The molecule has 4 nitrogen and oxygen atoms in total. The Morgan fingerprint density at radius 2 is 2.50 bits per heavy atom. The van der Waals surface area contributed by atoms with E-state index < -0.39 is 5.60 Å². The normalized spacial score (nSPS) is 25.9. The molecule has 1 unspecified atom stereocenters. The number of halogens is 1. The minimum Gasteiger partial charge on any atom is -0.381 e. The molecule has 5 heteroatoms. The van der Waals surface area contributed by atoms with E-state index in [1.165, 1.54) is 0 Å². The Hall–Kier alpha value is -0.580. The zero-order valence-electron chi connectivity index (χ0n) is 9.45. The number of aromatic nitrogens is 2. The topological polar surface area (TPSA) is 47.3 Å². The van der Waals surface area contributed by atoms with Crippen LogP contribution in [-0.4, -0.2) is 28.1 Å². The van der Waals surface area contributed by atoms with Gasteiger partial charge in [-0.05, 0) is 19.3 Å². The highest BCUT2D eigenvalue weighted by atomic mass is 35.5. The minimum atomic E-state index is -0.971. The summed E-state index contributed by atoms with van der Waals surface area (Å²) in [4.78, 5) is 0. The quantitative estimate of drug-likeness (QED) is 0.884. The lowest BCUT2D eigenvalue weighted by Crippen LogP contribution is -2.38. The van der Waals surface area contributed by atoms with E-state index in [1.807, 2.05) is 0 Å². The molecule has 1 N–H and O–H groups in total. The molecule has 1 aromatic heterocycles. The molecule has 16 heavy (non-hydrogen) atoms. The summed E-state index contributed by atoms with van der Waals surface area (Å²) >= 11 is 6.10. The van der Waals surface area contributed by atoms with Crippen LogP contribution in [0, 0.1) is 0 Å². The molecule has 1 aliphatic heterocycles. The number of hydrogen-bond acceptors (Lipinski definition) is 3. The molecule has 1 aromatic rings. The van der Waals surface area contributed by atoms with E-state index in [0.717, 1.165) is 19.4 Å². The second-order valence-electron chi connectivity index (χ2n) is 4.25. The van der Waals surface area contributed by atoms with Gasteiger partial charge in [0.1, 0.15) is 5.60 Å². The summed E-state index contributed by atoms with van der Waals surface area (Å²) in [5.74, 6) is 0. The van der Waals surface area contributed by atoms with Crippen LogP contribution in [0.2, 0.25) is 5.02 Å². The highest BCUT2D eigenvalue weighted by Crippen LogP contribution is 2.34. The van der Waals surface area contributed by atoms with Crippen molar-refractivity contribution in [2.75, 3.05) is 13.2 Å². The number of ether oxygens (including phenoxy) is 1.